The van der Waals surface area contributed by atoms with Crippen LogP contribution in [0.4, 0.5) is 5.69 Å². The third kappa shape index (κ3) is 3.31. The largest absolute Gasteiger partial charge is 0.340 e. The summed E-state index contributed by atoms with van der Waals surface area (Å²) >= 11 is 5.86. The molecule has 0 aliphatic rings. The van der Waals surface area contributed by atoms with Gasteiger partial charge in [-0.1, -0.05) is 11.6 Å². The molecule has 2 aromatic rings. The molecule has 18 heavy (non-hydrogen) atoms. The van der Waals surface area contributed by atoms with Crippen LogP contribution in [0.2, 0.25) is 5.02 Å². The number of hydrogen-bond donors (Lipinski definition) is 1. The van der Waals surface area contributed by atoms with Crippen LogP contribution in [-0.2, 0) is 0 Å². The zero-order chi connectivity index (χ0) is 12.8. The second-order valence-electron chi connectivity index (χ2n) is 3.75. The van der Waals surface area contributed by atoms with E-state index in [1.807, 2.05) is 55.7 Å². The number of aromatic nitrogens is 1. The number of H-pyrrole nitrogens is 1. The third-order valence-corrected chi connectivity index (χ3v) is 2.66. The van der Waals surface area contributed by atoms with Crippen LogP contribution < -0.4 is 10.3 Å². The lowest BCUT2D eigenvalue weighted by atomic mass is 10.2. The lowest BCUT2D eigenvalue weighted by molar-refractivity contribution is -0.378. The van der Waals surface area contributed by atoms with Gasteiger partial charge in [-0.25, -0.2) is 4.98 Å². The normalized spacial score (nSPS) is 11.3. The van der Waals surface area contributed by atoms with Crippen molar-refractivity contribution >= 4 is 23.1 Å². The summed E-state index contributed by atoms with van der Waals surface area (Å²) in [6.07, 6.45) is 3.78. The van der Waals surface area contributed by atoms with E-state index < -0.39 is 0 Å². The fourth-order valence-corrected chi connectivity index (χ4v) is 1.70. The Kier molecular flexibility index (Phi) is 4.31. The second kappa shape index (κ2) is 6.17. The maximum Gasteiger partial charge on any atom is 0.178 e. The summed E-state index contributed by atoms with van der Waals surface area (Å²) in [5.74, 6) is 0.844. The molecule has 2 N–H and O–H groups in total. The van der Waals surface area contributed by atoms with Crippen LogP contribution in [0.25, 0.3) is 0 Å². The molecule has 0 aliphatic heterocycles. The van der Waals surface area contributed by atoms with Crippen LogP contribution >= 0.6 is 11.6 Å². The Bertz CT molecular complexity index is 520. The van der Waals surface area contributed by atoms with Gasteiger partial charge in [0.05, 0.1) is 5.56 Å². The molecule has 0 saturated heterocycles. The van der Waals surface area contributed by atoms with Crippen molar-refractivity contribution in [2.45, 2.75) is 6.92 Å². The summed E-state index contributed by atoms with van der Waals surface area (Å²) in [5, 5.41) is 4.02. The molecule has 0 amide bonds. The first-order chi connectivity index (χ1) is 8.79. The van der Waals surface area contributed by atoms with Crippen molar-refractivity contribution in [2.24, 2.45) is 4.99 Å². The molecule has 92 valence electrons. The summed E-state index contributed by atoms with van der Waals surface area (Å²) < 4.78 is 0. The molecular weight excluding hydrogens is 246 g/mol. The Hall–Kier alpha value is -1.87. The minimum atomic E-state index is 0.725. The fourth-order valence-electron chi connectivity index (χ4n) is 1.57. The van der Waals surface area contributed by atoms with Crippen LogP contribution in [0, 0.1) is 0 Å². The highest BCUT2D eigenvalue weighted by Gasteiger charge is 2.05. The predicted octanol–water partition coefficient (Wildman–Crippen LogP) is 3.03. The number of halogens is 1. The lowest BCUT2D eigenvalue weighted by Crippen LogP contribution is -2.16. The van der Waals surface area contributed by atoms with Gasteiger partial charge < -0.3 is 5.32 Å². The fraction of sp³-hybridized carbons (Fsp3) is 0.143. The second-order valence-corrected chi connectivity index (χ2v) is 4.18. The minimum absolute atomic E-state index is 0.725. The Morgan fingerprint density at radius 3 is 2.67 bits per heavy atom. The number of anilines is 1. The predicted molar refractivity (Wildman–Crippen MR) is 75.2 cm³/mol. The van der Waals surface area contributed by atoms with E-state index in [4.69, 9.17) is 11.6 Å². The summed E-state index contributed by atoms with van der Waals surface area (Å²) in [6, 6.07) is 11.5. The molecule has 1 aromatic carbocycles. The number of amidine groups is 1. The van der Waals surface area contributed by atoms with Gasteiger partial charge in [0.1, 0.15) is 5.84 Å². The highest BCUT2D eigenvalue weighted by atomic mass is 35.5. The first-order valence-corrected chi connectivity index (χ1v) is 6.21. The van der Waals surface area contributed by atoms with Gasteiger partial charge in [-0.3, -0.25) is 4.99 Å². The Morgan fingerprint density at radius 2 is 2.06 bits per heavy atom. The van der Waals surface area contributed by atoms with Gasteiger partial charge in [0.15, 0.2) is 12.4 Å². The zero-order valence-electron chi connectivity index (χ0n) is 10.2. The summed E-state index contributed by atoms with van der Waals surface area (Å²) in [7, 11) is 0. The van der Waals surface area contributed by atoms with Crippen molar-refractivity contribution in [3.05, 3.63) is 59.4 Å². The van der Waals surface area contributed by atoms with E-state index >= 15 is 0 Å². The number of pyridine rings is 1. The maximum absolute atomic E-state index is 5.86. The molecule has 1 aromatic heterocycles. The van der Waals surface area contributed by atoms with Crippen molar-refractivity contribution in [2.75, 3.05) is 11.9 Å². The number of aliphatic imine (C=N–C) groups is 1. The Labute approximate surface area is 112 Å². The van der Waals surface area contributed by atoms with Crippen molar-refractivity contribution < 1.29 is 4.98 Å². The number of aromatic amines is 1. The molecule has 0 unspecified atom stereocenters. The molecule has 3 nitrogen and oxygen atoms in total. The van der Waals surface area contributed by atoms with E-state index in [9.17, 15) is 0 Å². The van der Waals surface area contributed by atoms with E-state index in [1.54, 1.807) is 0 Å². The standard InChI is InChI=1S/C14H14ClN3/c1-2-17-14(11-4-3-9-16-10-11)18-13-7-5-12(15)6-8-13/h3-10H,2H2,1H3,(H,17,18)/p+1. The van der Waals surface area contributed by atoms with E-state index in [0.29, 0.717) is 0 Å². The number of nitrogens with one attached hydrogen (secondary N) is 2. The van der Waals surface area contributed by atoms with Crippen LogP contribution in [-0.4, -0.2) is 12.4 Å². The van der Waals surface area contributed by atoms with Gasteiger partial charge in [-0.05, 0) is 37.3 Å². The monoisotopic (exact) mass is 260 g/mol. The van der Waals surface area contributed by atoms with E-state index in [0.717, 1.165) is 28.7 Å². The third-order valence-electron chi connectivity index (χ3n) is 2.40. The van der Waals surface area contributed by atoms with Crippen molar-refractivity contribution in [1.82, 2.24) is 0 Å². The van der Waals surface area contributed by atoms with Gasteiger partial charge in [-0.2, -0.15) is 0 Å². The van der Waals surface area contributed by atoms with Gasteiger partial charge in [0, 0.05) is 23.3 Å². The molecule has 2 rings (SSSR count). The molecular formula is C14H15ClN3+. The topological polar surface area (TPSA) is 38.5 Å². The highest BCUT2D eigenvalue weighted by molar-refractivity contribution is 6.30. The SMILES string of the molecule is CCN=C(Nc1ccc(Cl)cc1)c1ccc[nH+]c1. The summed E-state index contributed by atoms with van der Waals surface area (Å²) in [4.78, 5) is 7.52. The quantitative estimate of drug-likeness (QED) is 0.669. The average molecular weight is 261 g/mol. The van der Waals surface area contributed by atoms with Crippen molar-refractivity contribution in [3.8, 4) is 0 Å². The summed E-state index contributed by atoms with van der Waals surface area (Å²) in [5.41, 5.74) is 1.99. The van der Waals surface area contributed by atoms with Crippen molar-refractivity contribution in [1.29, 1.82) is 0 Å². The summed E-state index contributed by atoms with van der Waals surface area (Å²) in [6.45, 7) is 2.74. The van der Waals surface area contributed by atoms with Gasteiger partial charge >= 0.3 is 0 Å². The zero-order valence-corrected chi connectivity index (χ0v) is 10.9. The van der Waals surface area contributed by atoms with Gasteiger partial charge in [-0.15, -0.1) is 0 Å². The van der Waals surface area contributed by atoms with Crippen LogP contribution in [0.3, 0.4) is 0 Å². The van der Waals surface area contributed by atoms with Gasteiger partial charge in [0.25, 0.3) is 0 Å². The molecule has 0 radical (unpaired) electrons. The smallest absolute Gasteiger partial charge is 0.178 e. The number of nitrogens with zero attached hydrogens (tertiary/aromatic N) is 1. The number of rotatable bonds is 3. The molecule has 0 fully saturated rings. The molecule has 0 atom stereocenters. The lowest BCUT2D eigenvalue weighted by Gasteiger charge is -2.08. The van der Waals surface area contributed by atoms with E-state index in [2.05, 4.69) is 15.3 Å². The van der Waals surface area contributed by atoms with E-state index in [-0.39, 0.29) is 0 Å². The Balaban J connectivity index is 2.22. The molecule has 4 heteroatoms. The first kappa shape index (κ1) is 12.6. The minimum Gasteiger partial charge on any atom is -0.340 e. The maximum atomic E-state index is 5.86. The van der Waals surface area contributed by atoms with Crippen LogP contribution in [0.5, 0.6) is 0 Å². The number of hydrogen-bond acceptors (Lipinski definition) is 1. The molecule has 1 heterocycles. The van der Waals surface area contributed by atoms with Gasteiger partial charge in [0.2, 0.25) is 0 Å². The van der Waals surface area contributed by atoms with E-state index in [1.165, 1.54) is 0 Å². The Morgan fingerprint density at radius 1 is 1.28 bits per heavy atom. The molecule has 0 aliphatic carbocycles. The van der Waals surface area contributed by atoms with Crippen molar-refractivity contribution in [3.63, 3.8) is 0 Å². The first-order valence-electron chi connectivity index (χ1n) is 5.83. The van der Waals surface area contributed by atoms with Crippen LogP contribution in [0.1, 0.15) is 12.5 Å². The number of benzene rings is 1. The molecule has 0 spiro atoms. The highest BCUT2D eigenvalue weighted by Crippen LogP contribution is 2.14. The molecule has 0 saturated carbocycles. The molecule has 0 bridgehead atoms. The average Bonchev–Trinajstić information content (AvgIpc) is 2.42. The van der Waals surface area contributed by atoms with Crippen LogP contribution in [0.15, 0.2) is 53.8 Å².